The van der Waals surface area contributed by atoms with Crippen molar-refractivity contribution < 1.29 is 19.5 Å². The Labute approximate surface area is 134 Å². The van der Waals surface area contributed by atoms with E-state index in [2.05, 4.69) is 19.1 Å². The number of benzene rings is 1. The monoisotopic (exact) mass is 320 g/mol. The molecule has 0 saturated carbocycles. The maximum absolute atomic E-state index is 11.0. The van der Waals surface area contributed by atoms with Gasteiger partial charge in [0.15, 0.2) is 0 Å². The third-order valence-electron chi connectivity index (χ3n) is 3.17. The zero-order valence-corrected chi connectivity index (χ0v) is 13.8. The zero-order chi connectivity index (χ0) is 16.1. The first-order valence-electron chi connectivity index (χ1n) is 7.18. The second-order valence-electron chi connectivity index (χ2n) is 5.40. The van der Waals surface area contributed by atoms with Gasteiger partial charge in [-0.25, -0.2) is 4.98 Å². The van der Waals surface area contributed by atoms with Gasteiger partial charge < -0.3 is 19.5 Å². The van der Waals surface area contributed by atoms with Crippen LogP contribution in [0.1, 0.15) is 21.8 Å². The summed E-state index contributed by atoms with van der Waals surface area (Å²) in [5.74, 6) is -0.366. The van der Waals surface area contributed by atoms with Crippen LogP contribution in [0.4, 0.5) is 0 Å². The number of aromatic nitrogens is 1. The second kappa shape index (κ2) is 7.38. The number of carbonyl (C=O) groups is 1. The van der Waals surface area contributed by atoms with Crippen LogP contribution >= 0.6 is 11.3 Å². The van der Waals surface area contributed by atoms with Gasteiger partial charge in [-0.1, -0.05) is 0 Å². The Hall–Kier alpha value is -1.92. The summed E-state index contributed by atoms with van der Waals surface area (Å²) in [5, 5.41) is 11.6. The molecule has 0 amide bonds. The summed E-state index contributed by atoms with van der Waals surface area (Å²) in [4.78, 5) is 16.8. The van der Waals surface area contributed by atoms with Gasteiger partial charge in [0, 0.05) is 12.0 Å². The summed E-state index contributed by atoms with van der Waals surface area (Å²) in [6.45, 7) is 3.44. The Morgan fingerprint density at radius 1 is 1.32 bits per heavy atom. The van der Waals surface area contributed by atoms with Gasteiger partial charge in [-0.3, -0.25) is 0 Å². The lowest BCUT2D eigenvalue weighted by molar-refractivity contribution is -0.858. The first-order valence-corrected chi connectivity index (χ1v) is 8.00. The number of aromatic carboxylic acids is 1. The Morgan fingerprint density at radius 2 is 2.00 bits per heavy atom. The standard InChI is InChI=1S/C16H20N2O3S/c1-11-14(16(19)20)22-15(17-11)12-5-7-13(8-6-12)21-10-4-9-18(2)3/h5-8H,4,9-10H2,1-3H3,(H,19,20). The number of rotatable bonds is 7. The summed E-state index contributed by atoms with van der Waals surface area (Å²) >= 11 is 1.13. The topological polar surface area (TPSA) is 66.7 Å². The lowest BCUT2D eigenvalue weighted by Crippen LogP contribution is -3.05. The molecule has 1 N–H and O–H groups in total. The molecule has 1 aromatic carbocycles. The fraction of sp³-hybridized carbons (Fsp3) is 0.375. The number of nitrogens with zero attached hydrogens (tertiary/aromatic N) is 1. The minimum atomic E-state index is -1.18. The van der Waals surface area contributed by atoms with Crippen LogP contribution in [0.5, 0.6) is 5.75 Å². The van der Waals surface area contributed by atoms with Crippen LogP contribution in [-0.4, -0.2) is 38.2 Å². The Bertz CT molecular complexity index is 635. The molecule has 1 aromatic heterocycles. The maximum atomic E-state index is 11.0. The van der Waals surface area contributed by atoms with E-state index in [9.17, 15) is 9.90 Å². The van der Waals surface area contributed by atoms with Gasteiger partial charge in [0.1, 0.15) is 10.8 Å². The van der Waals surface area contributed by atoms with Gasteiger partial charge >= 0.3 is 0 Å². The molecule has 0 saturated heterocycles. The number of hydrogen-bond donors (Lipinski definition) is 1. The molecule has 2 rings (SSSR count). The summed E-state index contributed by atoms with van der Waals surface area (Å²) in [7, 11) is 4.23. The highest BCUT2D eigenvalue weighted by Gasteiger charge is 2.10. The van der Waals surface area contributed by atoms with Crippen molar-refractivity contribution in [3.05, 3.63) is 34.8 Å². The van der Waals surface area contributed by atoms with Crippen molar-refractivity contribution in [2.24, 2.45) is 0 Å². The molecule has 0 bridgehead atoms. The van der Waals surface area contributed by atoms with Crippen molar-refractivity contribution in [1.29, 1.82) is 0 Å². The van der Waals surface area contributed by atoms with Crippen molar-refractivity contribution >= 4 is 17.3 Å². The average Bonchev–Trinajstić information content (AvgIpc) is 2.86. The van der Waals surface area contributed by atoms with Crippen LogP contribution in [-0.2, 0) is 0 Å². The van der Waals surface area contributed by atoms with E-state index in [1.54, 1.807) is 6.92 Å². The molecule has 1 heterocycles. The highest BCUT2D eigenvalue weighted by atomic mass is 32.1. The van der Waals surface area contributed by atoms with Crippen LogP contribution < -0.4 is 14.7 Å². The van der Waals surface area contributed by atoms with E-state index < -0.39 is 5.97 Å². The average molecular weight is 320 g/mol. The van der Waals surface area contributed by atoms with E-state index in [0.717, 1.165) is 35.6 Å². The molecular weight excluding hydrogens is 300 g/mol. The normalized spacial score (nSPS) is 10.9. The molecular formula is C16H20N2O3S. The van der Waals surface area contributed by atoms with Crippen molar-refractivity contribution in [3.8, 4) is 16.3 Å². The highest BCUT2D eigenvalue weighted by molar-refractivity contribution is 7.17. The van der Waals surface area contributed by atoms with Crippen LogP contribution in [0.3, 0.4) is 0 Å². The third-order valence-corrected chi connectivity index (χ3v) is 4.36. The van der Waals surface area contributed by atoms with Crippen LogP contribution in [0, 0.1) is 6.92 Å². The Balaban J connectivity index is 1.99. The van der Waals surface area contributed by atoms with Crippen LogP contribution in [0.2, 0.25) is 0 Å². The van der Waals surface area contributed by atoms with E-state index in [4.69, 9.17) is 4.74 Å². The fourth-order valence-electron chi connectivity index (χ4n) is 2.02. The maximum Gasteiger partial charge on any atom is 0.124 e. The number of hydrogen-bond acceptors (Lipinski definition) is 5. The van der Waals surface area contributed by atoms with Gasteiger partial charge in [0.2, 0.25) is 0 Å². The van der Waals surface area contributed by atoms with Gasteiger partial charge in [-0.05, 0) is 31.2 Å². The zero-order valence-electron chi connectivity index (χ0n) is 13.0. The van der Waals surface area contributed by atoms with E-state index in [0.29, 0.717) is 17.3 Å². The number of quaternary nitrogens is 1. The molecule has 0 aliphatic heterocycles. The first kappa shape index (κ1) is 16.5. The molecule has 0 unspecified atom stereocenters. The molecule has 118 valence electrons. The van der Waals surface area contributed by atoms with E-state index in [1.165, 1.54) is 4.90 Å². The second-order valence-corrected chi connectivity index (χ2v) is 6.40. The molecule has 0 radical (unpaired) electrons. The molecule has 2 aromatic rings. The molecule has 0 atom stereocenters. The predicted molar refractivity (Wildman–Crippen MR) is 84.4 cm³/mol. The number of carbonyl (C=O) groups excluding carboxylic acids is 1. The summed E-state index contributed by atoms with van der Waals surface area (Å²) in [5.41, 5.74) is 1.37. The van der Waals surface area contributed by atoms with E-state index in [-0.39, 0.29) is 4.88 Å². The lowest BCUT2D eigenvalue weighted by atomic mass is 10.2. The van der Waals surface area contributed by atoms with E-state index >= 15 is 0 Å². The molecule has 6 heteroatoms. The van der Waals surface area contributed by atoms with Crippen molar-refractivity contribution in [2.45, 2.75) is 13.3 Å². The number of carboxylic acid groups (broad SMARTS) is 1. The summed E-state index contributed by atoms with van der Waals surface area (Å²) in [6.07, 6.45) is 1.00. The molecule has 0 spiro atoms. The SMILES string of the molecule is Cc1nc(-c2ccc(OCCC[NH+](C)C)cc2)sc1C(=O)[O-]. The minimum absolute atomic E-state index is 0.182. The van der Waals surface area contributed by atoms with Crippen molar-refractivity contribution in [1.82, 2.24) is 4.98 Å². The van der Waals surface area contributed by atoms with E-state index in [1.807, 2.05) is 24.3 Å². The van der Waals surface area contributed by atoms with Gasteiger partial charge in [-0.2, -0.15) is 0 Å². The number of thiazole rings is 1. The first-order chi connectivity index (χ1) is 10.5. The number of nitrogens with one attached hydrogen (secondary N) is 1. The van der Waals surface area contributed by atoms with Crippen molar-refractivity contribution in [2.75, 3.05) is 27.2 Å². The Kier molecular flexibility index (Phi) is 5.51. The minimum Gasteiger partial charge on any atom is -0.544 e. The number of aryl methyl sites for hydroxylation is 1. The Morgan fingerprint density at radius 3 is 2.55 bits per heavy atom. The van der Waals surface area contributed by atoms with Crippen LogP contribution in [0.15, 0.2) is 24.3 Å². The van der Waals surface area contributed by atoms with Crippen molar-refractivity contribution in [3.63, 3.8) is 0 Å². The lowest BCUT2D eigenvalue weighted by Gasteiger charge is -2.08. The molecule has 5 nitrogen and oxygen atoms in total. The van der Waals surface area contributed by atoms with Gasteiger partial charge in [0.25, 0.3) is 0 Å². The molecule has 0 fully saturated rings. The van der Waals surface area contributed by atoms with Crippen LogP contribution in [0.25, 0.3) is 10.6 Å². The molecule has 0 aliphatic carbocycles. The summed E-state index contributed by atoms with van der Waals surface area (Å²) in [6, 6.07) is 7.55. The summed E-state index contributed by atoms with van der Waals surface area (Å²) < 4.78 is 5.68. The fourth-order valence-corrected chi connectivity index (χ4v) is 2.93. The van der Waals surface area contributed by atoms with Gasteiger partial charge in [-0.15, -0.1) is 11.3 Å². The number of ether oxygens (including phenoxy) is 1. The predicted octanol–water partition coefficient (Wildman–Crippen LogP) is 0.395. The largest absolute Gasteiger partial charge is 0.544 e. The quantitative estimate of drug-likeness (QED) is 0.750. The smallest absolute Gasteiger partial charge is 0.124 e. The highest BCUT2D eigenvalue weighted by Crippen LogP contribution is 2.28. The molecule has 22 heavy (non-hydrogen) atoms. The van der Waals surface area contributed by atoms with Gasteiger partial charge in [0.05, 0.1) is 43.8 Å². The number of carboxylic acids is 1. The third kappa shape index (κ3) is 4.29. The molecule has 0 aliphatic rings.